The molecule has 5 nitrogen and oxygen atoms in total. The van der Waals surface area contributed by atoms with E-state index in [4.69, 9.17) is 5.11 Å². The Morgan fingerprint density at radius 1 is 1.48 bits per heavy atom. The van der Waals surface area contributed by atoms with Crippen LogP contribution in [0.1, 0.15) is 44.4 Å². The average Bonchev–Trinajstić information content (AvgIpc) is 2.83. The molecule has 1 fully saturated rings. The number of rotatable bonds is 4. The number of thiazole rings is 1. The smallest absolute Gasteiger partial charge is 0.328 e. The van der Waals surface area contributed by atoms with Crippen molar-refractivity contribution in [3.05, 3.63) is 17.2 Å². The zero-order valence-electron chi connectivity index (χ0n) is 12.3. The molecule has 6 heteroatoms. The van der Waals surface area contributed by atoms with Crippen molar-refractivity contribution < 1.29 is 14.7 Å². The van der Waals surface area contributed by atoms with Crippen molar-refractivity contribution in [2.45, 2.75) is 39.5 Å². The summed E-state index contributed by atoms with van der Waals surface area (Å²) in [6.45, 7) is 4.28. The third-order valence-corrected chi connectivity index (χ3v) is 4.85. The minimum Gasteiger partial charge on any atom is -0.478 e. The summed E-state index contributed by atoms with van der Waals surface area (Å²) in [5.74, 6) is -0.978. The number of carbonyl (C=O) groups excluding carboxylic acids is 1. The van der Waals surface area contributed by atoms with Crippen LogP contribution in [0.5, 0.6) is 0 Å². The lowest BCUT2D eigenvalue weighted by molar-refractivity contribution is -0.131. The monoisotopic (exact) mass is 308 g/mol. The molecule has 114 valence electrons. The minimum atomic E-state index is -1.00. The molecular weight excluding hydrogens is 288 g/mol. The molecule has 0 spiro atoms. The largest absolute Gasteiger partial charge is 0.478 e. The molecule has 1 aliphatic rings. The third-order valence-electron chi connectivity index (χ3n) is 3.97. The second kappa shape index (κ2) is 6.39. The van der Waals surface area contributed by atoms with Crippen molar-refractivity contribution >= 4 is 34.4 Å². The Bertz CT molecular complexity index is 563. The summed E-state index contributed by atoms with van der Waals surface area (Å²) >= 11 is 1.27. The standard InChI is InChI=1S/C15H20N2O3S/c1-15(2)8-4-3-5-11(15)13(20)17-14-16-9-10(21-14)6-7-12(18)19/h6-7,9,11H,3-5,8H2,1-2H3,(H,18,19)(H,16,17,20)/b7-6+. The molecule has 0 radical (unpaired) electrons. The van der Waals surface area contributed by atoms with Gasteiger partial charge in [-0.05, 0) is 24.3 Å². The average molecular weight is 308 g/mol. The maximum Gasteiger partial charge on any atom is 0.328 e. The van der Waals surface area contributed by atoms with Crippen molar-refractivity contribution in [2.75, 3.05) is 5.32 Å². The highest BCUT2D eigenvalue weighted by Crippen LogP contribution is 2.41. The van der Waals surface area contributed by atoms with E-state index in [1.807, 2.05) is 0 Å². The molecule has 1 amide bonds. The first-order valence-corrected chi connectivity index (χ1v) is 7.88. The van der Waals surface area contributed by atoms with Crippen LogP contribution < -0.4 is 5.32 Å². The highest BCUT2D eigenvalue weighted by molar-refractivity contribution is 7.16. The molecule has 1 atom stereocenters. The van der Waals surface area contributed by atoms with Crippen molar-refractivity contribution in [3.8, 4) is 0 Å². The Balaban J connectivity index is 2.01. The Labute approximate surface area is 128 Å². The molecule has 21 heavy (non-hydrogen) atoms. The molecule has 1 unspecified atom stereocenters. The van der Waals surface area contributed by atoms with E-state index in [0.717, 1.165) is 25.3 Å². The van der Waals surface area contributed by atoms with Crippen molar-refractivity contribution in [1.82, 2.24) is 4.98 Å². The number of hydrogen-bond acceptors (Lipinski definition) is 4. The van der Waals surface area contributed by atoms with Crippen LogP contribution in [-0.4, -0.2) is 22.0 Å². The van der Waals surface area contributed by atoms with Gasteiger partial charge in [0, 0.05) is 23.1 Å². The number of carbonyl (C=O) groups is 2. The van der Waals surface area contributed by atoms with E-state index in [0.29, 0.717) is 10.0 Å². The lowest BCUT2D eigenvalue weighted by Crippen LogP contribution is -2.37. The number of aliphatic carboxylic acids is 1. The molecule has 2 rings (SSSR count). The first-order chi connectivity index (χ1) is 9.88. The number of anilines is 1. The number of amides is 1. The summed E-state index contributed by atoms with van der Waals surface area (Å²) in [6.07, 6.45) is 8.34. The van der Waals surface area contributed by atoms with Crippen LogP contribution in [0.4, 0.5) is 5.13 Å². The van der Waals surface area contributed by atoms with E-state index in [9.17, 15) is 9.59 Å². The highest BCUT2D eigenvalue weighted by atomic mass is 32.1. The quantitative estimate of drug-likeness (QED) is 0.836. The van der Waals surface area contributed by atoms with E-state index in [-0.39, 0.29) is 17.2 Å². The SMILES string of the molecule is CC1(C)CCCCC1C(=O)Nc1ncc(/C=C/C(=O)O)s1. The van der Waals surface area contributed by atoms with E-state index in [1.165, 1.54) is 23.8 Å². The van der Waals surface area contributed by atoms with E-state index in [1.54, 1.807) is 6.20 Å². The van der Waals surface area contributed by atoms with Gasteiger partial charge in [0.05, 0.1) is 0 Å². The van der Waals surface area contributed by atoms with Gasteiger partial charge in [0.1, 0.15) is 0 Å². The van der Waals surface area contributed by atoms with Crippen LogP contribution in [0.2, 0.25) is 0 Å². The summed E-state index contributed by atoms with van der Waals surface area (Å²) in [5, 5.41) is 12.0. The predicted molar refractivity (Wildman–Crippen MR) is 83.2 cm³/mol. The van der Waals surface area contributed by atoms with Gasteiger partial charge in [0.2, 0.25) is 5.91 Å². The van der Waals surface area contributed by atoms with E-state index in [2.05, 4.69) is 24.1 Å². The van der Waals surface area contributed by atoms with Crippen LogP contribution in [0, 0.1) is 11.3 Å². The van der Waals surface area contributed by atoms with Gasteiger partial charge < -0.3 is 10.4 Å². The summed E-state index contributed by atoms with van der Waals surface area (Å²) < 4.78 is 0. The minimum absolute atomic E-state index is 0.00756. The Morgan fingerprint density at radius 3 is 2.90 bits per heavy atom. The summed E-state index contributed by atoms with van der Waals surface area (Å²) in [7, 11) is 0. The second-order valence-electron chi connectivity index (χ2n) is 6.02. The van der Waals surface area contributed by atoms with Crippen molar-refractivity contribution in [2.24, 2.45) is 11.3 Å². The van der Waals surface area contributed by atoms with Gasteiger partial charge in [-0.25, -0.2) is 9.78 Å². The summed E-state index contributed by atoms with van der Waals surface area (Å²) in [4.78, 5) is 27.7. The number of hydrogen-bond donors (Lipinski definition) is 2. The Kier molecular flexibility index (Phi) is 4.77. The molecule has 2 N–H and O–H groups in total. The normalized spacial score (nSPS) is 21.3. The molecule has 0 bridgehead atoms. The number of nitrogens with one attached hydrogen (secondary N) is 1. The third kappa shape index (κ3) is 4.14. The Morgan fingerprint density at radius 2 is 2.24 bits per heavy atom. The molecular formula is C15H20N2O3S. The van der Waals surface area contributed by atoms with E-state index < -0.39 is 5.97 Å². The van der Waals surface area contributed by atoms with Crippen LogP contribution >= 0.6 is 11.3 Å². The highest BCUT2D eigenvalue weighted by Gasteiger charge is 2.37. The van der Waals surface area contributed by atoms with Gasteiger partial charge >= 0.3 is 5.97 Å². The first kappa shape index (κ1) is 15.7. The fourth-order valence-corrected chi connectivity index (χ4v) is 3.47. The fourth-order valence-electron chi connectivity index (χ4n) is 2.75. The molecule has 1 aliphatic carbocycles. The molecule has 1 aromatic rings. The first-order valence-electron chi connectivity index (χ1n) is 7.06. The maximum atomic E-state index is 12.4. The molecule has 0 saturated heterocycles. The van der Waals surface area contributed by atoms with Gasteiger partial charge in [-0.2, -0.15) is 0 Å². The number of aromatic nitrogens is 1. The second-order valence-corrected chi connectivity index (χ2v) is 7.08. The predicted octanol–water partition coefficient (Wildman–Crippen LogP) is 3.40. The number of carboxylic acids is 1. The fraction of sp³-hybridized carbons (Fsp3) is 0.533. The zero-order chi connectivity index (χ0) is 15.5. The number of carboxylic acid groups (broad SMARTS) is 1. The van der Waals surface area contributed by atoms with Gasteiger partial charge in [-0.15, -0.1) is 0 Å². The zero-order valence-corrected chi connectivity index (χ0v) is 13.1. The van der Waals surface area contributed by atoms with Gasteiger partial charge in [-0.1, -0.05) is 38.0 Å². The number of nitrogens with zero attached hydrogens (tertiary/aromatic N) is 1. The van der Waals surface area contributed by atoms with Crippen molar-refractivity contribution in [1.29, 1.82) is 0 Å². The molecule has 0 aliphatic heterocycles. The topological polar surface area (TPSA) is 79.3 Å². The lowest BCUT2D eigenvalue weighted by atomic mass is 9.68. The maximum absolute atomic E-state index is 12.4. The summed E-state index contributed by atoms with van der Waals surface area (Å²) in [6, 6.07) is 0. The van der Waals surface area contributed by atoms with Crippen LogP contribution in [0.15, 0.2) is 12.3 Å². The van der Waals surface area contributed by atoms with Crippen LogP contribution in [-0.2, 0) is 9.59 Å². The summed E-state index contributed by atoms with van der Waals surface area (Å²) in [5.41, 5.74) is 0.0195. The van der Waals surface area contributed by atoms with Gasteiger partial charge in [-0.3, -0.25) is 4.79 Å². The van der Waals surface area contributed by atoms with Crippen LogP contribution in [0.25, 0.3) is 6.08 Å². The molecule has 0 aromatic carbocycles. The Hall–Kier alpha value is -1.69. The molecule has 1 aromatic heterocycles. The van der Waals surface area contributed by atoms with Crippen LogP contribution in [0.3, 0.4) is 0 Å². The van der Waals surface area contributed by atoms with E-state index >= 15 is 0 Å². The van der Waals surface area contributed by atoms with Crippen molar-refractivity contribution in [3.63, 3.8) is 0 Å². The lowest BCUT2D eigenvalue weighted by Gasteiger charge is -2.37. The van der Waals surface area contributed by atoms with Gasteiger partial charge in [0.15, 0.2) is 5.13 Å². The van der Waals surface area contributed by atoms with Gasteiger partial charge in [0.25, 0.3) is 0 Å². The molecule has 1 saturated carbocycles. The molecule has 1 heterocycles.